The Bertz CT molecular complexity index is 1110. The fraction of sp³-hybridized carbons (Fsp3) is 0.400. The molecule has 34 heavy (non-hydrogen) atoms. The highest BCUT2D eigenvalue weighted by molar-refractivity contribution is 7.92. The van der Waals surface area contributed by atoms with Crippen molar-refractivity contribution in [1.29, 1.82) is 0 Å². The van der Waals surface area contributed by atoms with Gasteiger partial charge in [-0.05, 0) is 80.7 Å². The number of likely N-dealkylation sites (tertiary alicyclic amines) is 1. The number of carbonyl (C=O) groups excluding carboxylic acids is 1. The molecule has 1 saturated heterocycles. The van der Waals surface area contributed by atoms with Crippen LogP contribution < -0.4 is 15.0 Å². The Morgan fingerprint density at radius 1 is 1.12 bits per heavy atom. The Morgan fingerprint density at radius 2 is 1.74 bits per heavy atom. The van der Waals surface area contributed by atoms with Gasteiger partial charge in [-0.15, -0.1) is 5.92 Å². The first kappa shape index (κ1) is 25.6. The lowest BCUT2D eigenvalue weighted by Crippen LogP contribution is -2.47. The van der Waals surface area contributed by atoms with Gasteiger partial charge >= 0.3 is 0 Å². The van der Waals surface area contributed by atoms with Crippen molar-refractivity contribution in [2.75, 3.05) is 26.8 Å². The molecule has 3 rings (SSSR count). The number of carbonyl (C=O) groups is 1. The average molecular weight is 487 g/mol. The van der Waals surface area contributed by atoms with Gasteiger partial charge < -0.3 is 9.47 Å². The maximum Gasteiger partial charge on any atom is 0.262 e. The van der Waals surface area contributed by atoms with Crippen molar-refractivity contribution in [2.24, 2.45) is 5.92 Å². The van der Waals surface area contributed by atoms with E-state index in [4.69, 9.17) is 9.47 Å². The van der Waals surface area contributed by atoms with Crippen molar-refractivity contribution in [2.45, 2.75) is 36.5 Å². The van der Waals surface area contributed by atoms with Gasteiger partial charge in [-0.1, -0.05) is 18.1 Å². The molecule has 2 aromatic carbocycles. The Labute approximate surface area is 200 Å². The second-order valence-corrected chi connectivity index (χ2v) is 10.2. The fourth-order valence-corrected chi connectivity index (χ4v) is 6.06. The number of nitrogens with zero attached hydrogens (tertiary/aromatic N) is 1. The van der Waals surface area contributed by atoms with Crippen LogP contribution >= 0.6 is 0 Å². The lowest BCUT2D eigenvalue weighted by atomic mass is 9.92. The van der Waals surface area contributed by atoms with E-state index in [1.165, 1.54) is 24.3 Å². The first-order chi connectivity index (χ1) is 16.4. The van der Waals surface area contributed by atoms with Gasteiger partial charge in [0.05, 0.1) is 12.0 Å². The smallest absolute Gasteiger partial charge is 0.262 e. The number of rotatable bonds is 9. The maximum atomic E-state index is 13.4. The summed E-state index contributed by atoms with van der Waals surface area (Å²) in [4.78, 5) is 14.7. The Morgan fingerprint density at radius 3 is 2.29 bits per heavy atom. The molecule has 0 radical (unpaired) electrons. The number of benzene rings is 2. The van der Waals surface area contributed by atoms with E-state index in [0.29, 0.717) is 31.7 Å². The summed E-state index contributed by atoms with van der Waals surface area (Å²) in [5.74, 6) is 5.43. The molecule has 0 aliphatic carbocycles. The molecule has 9 heteroatoms. The zero-order valence-electron chi connectivity index (χ0n) is 19.4. The summed E-state index contributed by atoms with van der Waals surface area (Å²) in [7, 11) is -2.40. The van der Waals surface area contributed by atoms with Crippen LogP contribution in [0.15, 0.2) is 53.4 Å². The Balaban J connectivity index is 1.69. The largest absolute Gasteiger partial charge is 0.497 e. The molecule has 1 atom stereocenters. The van der Waals surface area contributed by atoms with E-state index in [9.17, 15) is 18.4 Å². The molecule has 0 aromatic heterocycles. The van der Waals surface area contributed by atoms with Crippen LogP contribution in [0.25, 0.3) is 0 Å². The fourth-order valence-electron chi connectivity index (χ4n) is 4.14. The molecule has 0 bridgehead atoms. The summed E-state index contributed by atoms with van der Waals surface area (Å²) in [6, 6.07) is 13.7. The van der Waals surface area contributed by atoms with E-state index in [1.807, 2.05) is 24.3 Å². The van der Waals surface area contributed by atoms with Crippen LogP contribution in [0.5, 0.6) is 11.5 Å². The van der Waals surface area contributed by atoms with E-state index >= 15 is 0 Å². The minimum Gasteiger partial charge on any atom is -0.497 e. The van der Waals surface area contributed by atoms with Gasteiger partial charge in [-0.3, -0.25) is 14.9 Å². The van der Waals surface area contributed by atoms with Gasteiger partial charge in [-0.25, -0.2) is 13.9 Å². The third kappa shape index (κ3) is 6.29. The van der Waals surface area contributed by atoms with Crippen LogP contribution in [0.3, 0.4) is 0 Å². The van der Waals surface area contributed by atoms with Crippen LogP contribution in [0, 0.1) is 17.8 Å². The van der Waals surface area contributed by atoms with Gasteiger partial charge in [0.2, 0.25) is 0 Å². The number of methoxy groups -OCH3 is 1. The summed E-state index contributed by atoms with van der Waals surface area (Å²) in [5, 5.41) is 7.91. The Hall–Kier alpha value is -3.06. The monoisotopic (exact) mass is 486 g/mol. The van der Waals surface area contributed by atoms with E-state index in [2.05, 4.69) is 16.7 Å². The number of ether oxygens (including phenoxy) is 2. The van der Waals surface area contributed by atoms with Crippen molar-refractivity contribution in [3.05, 3.63) is 54.1 Å². The van der Waals surface area contributed by atoms with Crippen LogP contribution in [0.2, 0.25) is 0 Å². The normalized spacial score (nSPS) is 15.6. The molecule has 182 valence electrons. The first-order valence-electron chi connectivity index (χ1n) is 11.0. The topological polar surface area (TPSA) is 105 Å². The number of piperidine rings is 1. The molecular formula is C25H30N2O6S. The van der Waals surface area contributed by atoms with E-state index in [0.717, 1.165) is 17.9 Å². The van der Waals surface area contributed by atoms with Crippen molar-refractivity contribution in [3.63, 3.8) is 0 Å². The highest BCUT2D eigenvalue weighted by Crippen LogP contribution is 2.31. The molecule has 1 aliphatic rings. The van der Waals surface area contributed by atoms with Crippen molar-refractivity contribution < 1.29 is 27.9 Å². The van der Waals surface area contributed by atoms with Crippen LogP contribution in [-0.4, -0.2) is 56.5 Å². The number of amides is 1. The van der Waals surface area contributed by atoms with Gasteiger partial charge in [0.15, 0.2) is 9.84 Å². The summed E-state index contributed by atoms with van der Waals surface area (Å²) in [6.45, 7) is 3.92. The van der Waals surface area contributed by atoms with E-state index in [1.54, 1.807) is 19.5 Å². The van der Waals surface area contributed by atoms with E-state index in [-0.39, 0.29) is 11.5 Å². The molecule has 2 N–H and O–H groups in total. The summed E-state index contributed by atoms with van der Waals surface area (Å²) in [6.07, 6.45) is 1.04. The van der Waals surface area contributed by atoms with Crippen molar-refractivity contribution in [3.8, 4) is 23.3 Å². The predicted molar refractivity (Wildman–Crippen MR) is 127 cm³/mol. The SMILES string of the molecule is CC#CCOc1ccc(S(=O)(=O)C(C(=O)NO)C2CCN(Cc3ccc(OC)cc3)CC2)cc1. The molecule has 2 aromatic rings. The first-order valence-corrected chi connectivity index (χ1v) is 12.6. The minimum absolute atomic E-state index is 0.00990. The zero-order valence-corrected chi connectivity index (χ0v) is 20.2. The lowest BCUT2D eigenvalue weighted by molar-refractivity contribution is -0.130. The quantitative estimate of drug-likeness (QED) is 0.319. The molecule has 1 fully saturated rings. The Kier molecular flexibility index (Phi) is 8.93. The highest BCUT2D eigenvalue weighted by Gasteiger charge is 2.41. The molecule has 8 nitrogen and oxygen atoms in total. The third-order valence-electron chi connectivity index (χ3n) is 5.97. The summed E-state index contributed by atoms with van der Waals surface area (Å²) < 4.78 is 37.4. The molecule has 1 unspecified atom stereocenters. The van der Waals surface area contributed by atoms with Crippen molar-refractivity contribution in [1.82, 2.24) is 10.4 Å². The predicted octanol–water partition coefficient (Wildman–Crippen LogP) is 2.66. The molecule has 0 saturated carbocycles. The van der Waals surface area contributed by atoms with Gasteiger partial charge in [-0.2, -0.15) is 0 Å². The van der Waals surface area contributed by atoms with E-state index < -0.39 is 26.9 Å². The van der Waals surface area contributed by atoms with Gasteiger partial charge in [0.1, 0.15) is 23.4 Å². The maximum absolute atomic E-state index is 13.4. The lowest BCUT2D eigenvalue weighted by Gasteiger charge is -2.35. The molecular weight excluding hydrogens is 456 g/mol. The number of sulfone groups is 1. The average Bonchev–Trinajstić information content (AvgIpc) is 2.86. The number of nitrogens with one attached hydrogen (secondary N) is 1. The highest BCUT2D eigenvalue weighted by atomic mass is 32.2. The van der Waals surface area contributed by atoms with Crippen LogP contribution in [0.1, 0.15) is 25.3 Å². The van der Waals surface area contributed by atoms with Crippen LogP contribution in [0.4, 0.5) is 0 Å². The summed E-state index contributed by atoms with van der Waals surface area (Å²) in [5.41, 5.74) is 2.69. The molecule has 1 amide bonds. The minimum atomic E-state index is -4.03. The second-order valence-electron chi connectivity index (χ2n) is 8.09. The molecule has 1 aliphatic heterocycles. The number of hydroxylamine groups is 1. The van der Waals surface area contributed by atoms with Crippen LogP contribution in [-0.2, 0) is 21.2 Å². The second kappa shape index (κ2) is 11.9. The third-order valence-corrected chi connectivity index (χ3v) is 8.17. The van der Waals surface area contributed by atoms with Gasteiger partial charge in [0, 0.05) is 6.54 Å². The zero-order chi connectivity index (χ0) is 24.6. The standard InChI is InChI=1S/C25H30N2O6S/c1-3-4-17-33-22-9-11-23(12-10-22)34(30,31)24(25(28)26-29)20-13-15-27(16-14-20)18-19-5-7-21(32-2)8-6-19/h5-12,20,24,29H,13-18H2,1-2H3,(H,26,28). The number of hydrogen-bond acceptors (Lipinski definition) is 7. The van der Waals surface area contributed by atoms with Crippen molar-refractivity contribution >= 4 is 15.7 Å². The molecule has 1 heterocycles. The summed E-state index contributed by atoms with van der Waals surface area (Å²) >= 11 is 0. The number of hydrogen-bond donors (Lipinski definition) is 2. The molecule has 0 spiro atoms. The van der Waals surface area contributed by atoms with Gasteiger partial charge in [0.25, 0.3) is 5.91 Å².